The Labute approximate surface area is 197 Å². The summed E-state index contributed by atoms with van der Waals surface area (Å²) in [6, 6.07) is 5.24. The third-order valence-corrected chi connectivity index (χ3v) is 6.89. The molecule has 1 aromatic rings. The summed E-state index contributed by atoms with van der Waals surface area (Å²) in [4.78, 5) is 53.2. The van der Waals surface area contributed by atoms with Gasteiger partial charge >= 0.3 is 0 Å². The molecule has 10 nitrogen and oxygen atoms in total. The van der Waals surface area contributed by atoms with E-state index in [2.05, 4.69) is 10.6 Å². The van der Waals surface area contributed by atoms with E-state index in [1.54, 1.807) is 24.3 Å². The van der Waals surface area contributed by atoms with E-state index in [1.165, 1.54) is 0 Å². The highest BCUT2D eigenvalue weighted by Crippen LogP contribution is 2.29. The Hall–Kier alpha value is -2.66. The highest BCUT2D eigenvalue weighted by atomic mass is 16.5. The van der Waals surface area contributed by atoms with Gasteiger partial charge in [0, 0.05) is 26.3 Å². The van der Waals surface area contributed by atoms with E-state index in [0.29, 0.717) is 24.5 Å². The first-order valence-corrected chi connectivity index (χ1v) is 12.0. The van der Waals surface area contributed by atoms with Crippen molar-refractivity contribution >= 4 is 35.0 Å². The van der Waals surface area contributed by atoms with Gasteiger partial charge < -0.3 is 20.1 Å². The van der Waals surface area contributed by atoms with Gasteiger partial charge in [0.15, 0.2) is 0 Å². The average molecular weight is 471 g/mol. The molecular weight excluding hydrogens is 440 g/mol. The molecule has 0 aromatic heterocycles. The molecular formula is C24H30N4O6. The summed E-state index contributed by atoms with van der Waals surface area (Å²) in [6.07, 6.45) is 4.26. The third-order valence-electron chi connectivity index (χ3n) is 6.89. The molecule has 1 aromatic carbocycles. The van der Waals surface area contributed by atoms with E-state index in [4.69, 9.17) is 9.47 Å². The van der Waals surface area contributed by atoms with Crippen molar-refractivity contribution in [2.75, 3.05) is 36.1 Å². The number of hydrogen-bond acceptors (Lipinski definition) is 8. The van der Waals surface area contributed by atoms with Crippen LogP contribution in [0.1, 0.15) is 38.5 Å². The zero-order valence-corrected chi connectivity index (χ0v) is 19.0. The molecule has 0 bridgehead atoms. The van der Waals surface area contributed by atoms with Gasteiger partial charge in [0.05, 0.1) is 48.5 Å². The molecule has 4 aliphatic heterocycles. The van der Waals surface area contributed by atoms with Gasteiger partial charge in [-0.25, -0.2) is 9.80 Å². The number of anilines is 2. The van der Waals surface area contributed by atoms with E-state index >= 15 is 0 Å². The minimum Gasteiger partial charge on any atom is -0.377 e. The molecule has 182 valence electrons. The standard InChI is InChI=1S/C24H30N4O6/c29-21-11-19(25-13-17-3-1-9-33-17)23(31)27(21)15-5-7-16(8-6-15)28-22(30)12-20(24(28)32)26-14-18-4-2-10-34-18/h5-8,17-20,25-26H,1-4,9-14H2/t17-,18+,19-,20+. The zero-order chi connectivity index (χ0) is 23.7. The molecule has 0 spiro atoms. The van der Waals surface area contributed by atoms with Crippen LogP contribution >= 0.6 is 0 Å². The van der Waals surface area contributed by atoms with E-state index in [0.717, 1.165) is 48.7 Å². The van der Waals surface area contributed by atoms with Crippen LogP contribution in [0.2, 0.25) is 0 Å². The number of nitrogens with one attached hydrogen (secondary N) is 2. The largest absolute Gasteiger partial charge is 0.377 e. The van der Waals surface area contributed by atoms with Crippen LogP contribution in [0.15, 0.2) is 24.3 Å². The minimum absolute atomic E-state index is 0.0794. The number of hydrogen-bond donors (Lipinski definition) is 2. The molecule has 4 atom stereocenters. The Balaban J connectivity index is 1.20. The van der Waals surface area contributed by atoms with Crippen molar-refractivity contribution in [3.63, 3.8) is 0 Å². The van der Waals surface area contributed by atoms with Gasteiger partial charge in [0.25, 0.3) is 11.8 Å². The topological polar surface area (TPSA) is 117 Å². The highest BCUT2D eigenvalue weighted by Gasteiger charge is 2.41. The highest BCUT2D eigenvalue weighted by molar-refractivity contribution is 6.24. The predicted octanol–water partition coefficient (Wildman–Crippen LogP) is 0.488. The zero-order valence-electron chi connectivity index (χ0n) is 19.0. The van der Waals surface area contributed by atoms with Crippen molar-refractivity contribution in [1.29, 1.82) is 0 Å². The lowest BCUT2D eigenvalue weighted by atomic mass is 10.2. The fourth-order valence-electron chi connectivity index (χ4n) is 5.03. The molecule has 0 unspecified atom stereocenters. The van der Waals surface area contributed by atoms with Crippen molar-refractivity contribution in [3.8, 4) is 0 Å². The molecule has 4 amide bonds. The number of rotatable bonds is 8. The van der Waals surface area contributed by atoms with Gasteiger partial charge in [-0.1, -0.05) is 0 Å². The van der Waals surface area contributed by atoms with Crippen LogP contribution in [-0.4, -0.2) is 74.2 Å². The molecule has 10 heteroatoms. The molecule has 34 heavy (non-hydrogen) atoms. The first-order chi connectivity index (χ1) is 16.5. The predicted molar refractivity (Wildman–Crippen MR) is 122 cm³/mol. The van der Waals surface area contributed by atoms with Crippen LogP contribution in [0.5, 0.6) is 0 Å². The normalized spacial score (nSPS) is 29.8. The summed E-state index contributed by atoms with van der Waals surface area (Å²) < 4.78 is 11.1. The Kier molecular flexibility index (Phi) is 6.73. The molecule has 5 rings (SSSR count). The van der Waals surface area contributed by atoms with Gasteiger partial charge in [-0.05, 0) is 49.9 Å². The summed E-state index contributed by atoms with van der Waals surface area (Å²) in [7, 11) is 0. The Morgan fingerprint density at radius 1 is 0.706 bits per heavy atom. The van der Waals surface area contributed by atoms with Crippen LogP contribution in [0, 0.1) is 0 Å². The molecule has 4 saturated heterocycles. The van der Waals surface area contributed by atoms with Gasteiger partial charge in [-0.3, -0.25) is 19.2 Å². The fourth-order valence-corrected chi connectivity index (χ4v) is 5.03. The van der Waals surface area contributed by atoms with E-state index in [1.807, 2.05) is 0 Å². The molecule has 2 N–H and O–H groups in total. The van der Waals surface area contributed by atoms with E-state index in [9.17, 15) is 19.2 Å². The number of carbonyl (C=O) groups is 4. The van der Waals surface area contributed by atoms with Crippen molar-refractivity contribution in [3.05, 3.63) is 24.3 Å². The maximum Gasteiger partial charge on any atom is 0.251 e. The van der Waals surface area contributed by atoms with Crippen LogP contribution in [0.3, 0.4) is 0 Å². The van der Waals surface area contributed by atoms with Crippen LogP contribution in [0.4, 0.5) is 11.4 Å². The van der Waals surface area contributed by atoms with Crippen molar-refractivity contribution in [2.24, 2.45) is 0 Å². The number of ether oxygens (including phenoxy) is 2. The van der Waals surface area contributed by atoms with Crippen molar-refractivity contribution in [1.82, 2.24) is 10.6 Å². The first kappa shape index (κ1) is 23.1. The average Bonchev–Trinajstić information content (AvgIpc) is 3.61. The monoisotopic (exact) mass is 470 g/mol. The first-order valence-electron chi connectivity index (χ1n) is 12.0. The van der Waals surface area contributed by atoms with Gasteiger partial charge in [0.2, 0.25) is 11.8 Å². The molecule has 4 fully saturated rings. The molecule has 4 heterocycles. The molecule has 0 aliphatic carbocycles. The summed E-state index contributed by atoms with van der Waals surface area (Å²) in [6.45, 7) is 2.54. The Morgan fingerprint density at radius 2 is 1.12 bits per heavy atom. The second-order valence-electron chi connectivity index (χ2n) is 9.25. The van der Waals surface area contributed by atoms with Crippen LogP contribution in [0.25, 0.3) is 0 Å². The quantitative estimate of drug-likeness (QED) is 0.527. The Bertz CT molecular complexity index is 878. The second-order valence-corrected chi connectivity index (χ2v) is 9.25. The summed E-state index contributed by atoms with van der Waals surface area (Å²) in [5.74, 6) is -1.17. The van der Waals surface area contributed by atoms with Crippen LogP contribution < -0.4 is 20.4 Å². The lowest BCUT2D eigenvalue weighted by Gasteiger charge is -2.19. The summed E-state index contributed by atoms with van der Waals surface area (Å²) >= 11 is 0. The van der Waals surface area contributed by atoms with E-state index in [-0.39, 0.29) is 48.7 Å². The lowest BCUT2D eigenvalue weighted by Crippen LogP contribution is -2.42. The maximum atomic E-state index is 12.9. The number of amides is 4. The molecule has 4 aliphatic rings. The lowest BCUT2D eigenvalue weighted by molar-refractivity contribution is -0.123. The minimum atomic E-state index is -0.575. The smallest absolute Gasteiger partial charge is 0.251 e. The number of imide groups is 2. The number of benzene rings is 1. The van der Waals surface area contributed by atoms with Gasteiger partial charge in [-0.15, -0.1) is 0 Å². The molecule has 0 saturated carbocycles. The summed E-state index contributed by atoms with van der Waals surface area (Å²) in [5, 5.41) is 6.32. The van der Waals surface area contributed by atoms with Crippen LogP contribution in [-0.2, 0) is 28.7 Å². The second kappa shape index (κ2) is 9.91. The summed E-state index contributed by atoms with van der Waals surface area (Å²) in [5.41, 5.74) is 0.847. The Morgan fingerprint density at radius 3 is 1.47 bits per heavy atom. The third kappa shape index (κ3) is 4.63. The van der Waals surface area contributed by atoms with Crippen molar-refractivity contribution in [2.45, 2.75) is 62.8 Å². The SMILES string of the molecule is O=C1C[C@H](NC[C@@H]2CCCO2)C(=O)N1c1ccc(N2C(=O)C[C@@H](NC[C@H]3CCCO3)C2=O)cc1. The van der Waals surface area contributed by atoms with Crippen molar-refractivity contribution < 1.29 is 28.7 Å². The fraction of sp³-hybridized carbons (Fsp3) is 0.583. The van der Waals surface area contributed by atoms with Gasteiger partial charge in [0.1, 0.15) is 0 Å². The maximum absolute atomic E-state index is 12.9. The van der Waals surface area contributed by atoms with Gasteiger partial charge in [-0.2, -0.15) is 0 Å². The number of carbonyl (C=O) groups excluding carboxylic acids is 4. The van der Waals surface area contributed by atoms with E-state index < -0.39 is 12.1 Å². The number of nitrogens with zero attached hydrogens (tertiary/aromatic N) is 2. The molecule has 0 radical (unpaired) electrons.